The molecule has 27 heavy (non-hydrogen) atoms. The molecule has 7 heteroatoms. The second-order valence-electron chi connectivity index (χ2n) is 7.68. The van der Waals surface area contributed by atoms with Crippen molar-refractivity contribution in [2.75, 3.05) is 5.75 Å². The first-order valence-electron chi connectivity index (χ1n) is 8.95. The van der Waals surface area contributed by atoms with Crippen LogP contribution in [-0.4, -0.2) is 23.0 Å². The third-order valence-electron chi connectivity index (χ3n) is 4.35. The van der Waals surface area contributed by atoms with Crippen LogP contribution in [0.5, 0.6) is 0 Å². The summed E-state index contributed by atoms with van der Waals surface area (Å²) in [6, 6.07) is 5.78. The van der Waals surface area contributed by atoms with E-state index in [-0.39, 0.29) is 23.0 Å². The van der Waals surface area contributed by atoms with E-state index in [9.17, 15) is 14.9 Å². The Morgan fingerprint density at radius 1 is 1.44 bits per heavy atom. The van der Waals surface area contributed by atoms with Crippen molar-refractivity contribution in [2.24, 2.45) is 0 Å². The molecule has 2 N–H and O–H groups in total. The molecule has 6 nitrogen and oxygen atoms in total. The molecule has 0 aromatic carbocycles. The number of nitrogens with zero attached hydrogens (tertiary/aromatic N) is 1. The number of hydrogen-bond acceptors (Lipinski definition) is 6. The van der Waals surface area contributed by atoms with E-state index in [1.807, 2.05) is 20.8 Å². The quantitative estimate of drug-likeness (QED) is 0.825. The Morgan fingerprint density at radius 2 is 2.22 bits per heavy atom. The summed E-state index contributed by atoms with van der Waals surface area (Å²) in [6.07, 6.45) is 3.55. The first-order valence-corrected chi connectivity index (χ1v) is 9.93. The van der Waals surface area contributed by atoms with Gasteiger partial charge < -0.3 is 15.1 Å². The molecule has 1 aromatic rings. The highest BCUT2D eigenvalue weighted by molar-refractivity contribution is 8.03. The fraction of sp³-hybridized carbons (Fsp3) is 0.450. The topological polar surface area (TPSA) is 95.1 Å². The Bertz CT molecular complexity index is 854. The second kappa shape index (κ2) is 7.65. The molecule has 2 heterocycles. The number of Topliss-reactive ketones (excluding diaryl/α,β-unsaturated/α-hetero) is 1. The van der Waals surface area contributed by atoms with Gasteiger partial charge in [-0.1, -0.05) is 11.8 Å². The predicted molar refractivity (Wildman–Crippen MR) is 103 cm³/mol. The third-order valence-corrected chi connectivity index (χ3v) is 5.37. The summed E-state index contributed by atoms with van der Waals surface area (Å²) in [5.74, 6) is 0.197. The molecule has 1 aromatic heterocycles. The van der Waals surface area contributed by atoms with Crippen molar-refractivity contribution < 1.29 is 14.0 Å². The van der Waals surface area contributed by atoms with Crippen molar-refractivity contribution >= 4 is 23.5 Å². The zero-order valence-corrected chi connectivity index (χ0v) is 16.5. The van der Waals surface area contributed by atoms with E-state index < -0.39 is 5.92 Å². The molecule has 1 atom stereocenters. The molecule has 0 spiro atoms. The summed E-state index contributed by atoms with van der Waals surface area (Å²) in [7, 11) is 0. The van der Waals surface area contributed by atoms with Crippen molar-refractivity contribution in [1.82, 2.24) is 10.6 Å². The van der Waals surface area contributed by atoms with Gasteiger partial charge in [-0.15, -0.1) is 0 Å². The average molecular weight is 385 g/mol. The van der Waals surface area contributed by atoms with E-state index in [1.54, 1.807) is 18.4 Å². The first-order chi connectivity index (χ1) is 12.8. The number of ketones is 1. The molecular formula is C20H23N3O3S. The highest BCUT2D eigenvalue weighted by Crippen LogP contribution is 2.44. The van der Waals surface area contributed by atoms with Crippen LogP contribution in [0.25, 0.3) is 0 Å². The van der Waals surface area contributed by atoms with Gasteiger partial charge in [0.05, 0.1) is 34.6 Å². The van der Waals surface area contributed by atoms with Gasteiger partial charge in [0.1, 0.15) is 5.76 Å². The maximum Gasteiger partial charge on any atom is 0.230 e. The Labute approximate surface area is 163 Å². The van der Waals surface area contributed by atoms with Crippen molar-refractivity contribution in [1.29, 1.82) is 5.26 Å². The van der Waals surface area contributed by atoms with Crippen LogP contribution in [0.15, 0.2) is 44.7 Å². The van der Waals surface area contributed by atoms with Crippen LogP contribution in [0.3, 0.4) is 0 Å². The SMILES string of the molecule is CC(C)(C)NC(=O)CSC1=C(C#N)[C@@H](c2ccco2)C2=C(CCCC2=O)N1. The van der Waals surface area contributed by atoms with Crippen LogP contribution in [0.4, 0.5) is 0 Å². The van der Waals surface area contributed by atoms with E-state index in [1.165, 1.54) is 11.8 Å². The molecule has 1 aliphatic carbocycles. The lowest BCUT2D eigenvalue weighted by atomic mass is 9.79. The normalized spacial score (nSPS) is 20.1. The van der Waals surface area contributed by atoms with Crippen LogP contribution in [0, 0.1) is 11.3 Å². The maximum absolute atomic E-state index is 12.6. The minimum Gasteiger partial charge on any atom is -0.468 e. The van der Waals surface area contributed by atoms with Crippen molar-refractivity contribution in [3.8, 4) is 6.07 Å². The van der Waals surface area contributed by atoms with E-state index in [4.69, 9.17) is 4.42 Å². The minimum absolute atomic E-state index is 0.0485. The monoisotopic (exact) mass is 385 g/mol. The van der Waals surface area contributed by atoms with E-state index in [0.29, 0.717) is 28.4 Å². The van der Waals surface area contributed by atoms with Crippen molar-refractivity contribution in [3.63, 3.8) is 0 Å². The van der Waals surface area contributed by atoms with Gasteiger partial charge in [0, 0.05) is 23.2 Å². The number of carbonyl (C=O) groups is 2. The van der Waals surface area contributed by atoms with Gasteiger partial charge in [-0.25, -0.2) is 0 Å². The fourth-order valence-electron chi connectivity index (χ4n) is 3.37. The molecule has 3 rings (SSSR count). The number of rotatable bonds is 4. The Kier molecular flexibility index (Phi) is 5.47. The number of allylic oxidation sites excluding steroid dienone is 3. The zero-order valence-electron chi connectivity index (χ0n) is 15.7. The van der Waals surface area contributed by atoms with Gasteiger partial charge in [-0.2, -0.15) is 5.26 Å². The average Bonchev–Trinajstić information content (AvgIpc) is 3.11. The van der Waals surface area contributed by atoms with Gasteiger partial charge in [-0.3, -0.25) is 9.59 Å². The number of carbonyl (C=O) groups excluding carboxylic acids is 2. The second-order valence-corrected chi connectivity index (χ2v) is 8.67. The number of hydrogen-bond donors (Lipinski definition) is 2. The number of thioether (sulfide) groups is 1. The summed E-state index contributed by atoms with van der Waals surface area (Å²) < 4.78 is 5.55. The summed E-state index contributed by atoms with van der Waals surface area (Å²) in [4.78, 5) is 24.8. The minimum atomic E-state index is -0.512. The standard InChI is InChI=1S/C20H23N3O3S/c1-20(2,3)23-16(25)11-27-19-12(10-21)17(15-8-5-9-26-15)18-13(22-19)6-4-7-14(18)24/h5,8-9,17,22H,4,6-7,11H2,1-3H3,(H,23,25)/t17-/m0/s1. The highest BCUT2D eigenvalue weighted by Gasteiger charge is 2.38. The molecule has 0 saturated heterocycles. The van der Waals surface area contributed by atoms with E-state index in [2.05, 4.69) is 16.7 Å². The summed E-state index contributed by atoms with van der Waals surface area (Å²) >= 11 is 1.28. The Morgan fingerprint density at radius 3 is 2.85 bits per heavy atom. The van der Waals surface area contributed by atoms with E-state index >= 15 is 0 Å². The molecule has 0 bridgehead atoms. The molecule has 2 aliphatic rings. The number of dihydropyridines is 1. The first kappa shape index (κ1) is 19.3. The Balaban J connectivity index is 1.91. The smallest absolute Gasteiger partial charge is 0.230 e. The highest BCUT2D eigenvalue weighted by atomic mass is 32.2. The lowest BCUT2D eigenvalue weighted by molar-refractivity contribution is -0.120. The van der Waals surface area contributed by atoms with Crippen LogP contribution in [0.1, 0.15) is 51.7 Å². The summed E-state index contributed by atoms with van der Waals surface area (Å²) in [5, 5.41) is 16.6. The summed E-state index contributed by atoms with van der Waals surface area (Å²) in [5.41, 5.74) is 1.57. The van der Waals surface area contributed by atoms with Gasteiger partial charge in [-0.05, 0) is 45.7 Å². The lowest BCUT2D eigenvalue weighted by Gasteiger charge is -2.32. The molecule has 0 unspecified atom stereocenters. The van der Waals surface area contributed by atoms with Crippen LogP contribution >= 0.6 is 11.8 Å². The molecule has 0 fully saturated rings. The number of nitriles is 1. The number of amides is 1. The van der Waals surface area contributed by atoms with Gasteiger partial charge in [0.2, 0.25) is 5.91 Å². The fourth-order valence-corrected chi connectivity index (χ4v) is 4.23. The molecule has 1 amide bonds. The van der Waals surface area contributed by atoms with E-state index in [0.717, 1.165) is 18.5 Å². The number of furan rings is 1. The summed E-state index contributed by atoms with van der Waals surface area (Å²) in [6.45, 7) is 5.77. The molecule has 0 radical (unpaired) electrons. The molecule has 0 saturated carbocycles. The van der Waals surface area contributed by atoms with Gasteiger partial charge in [0.25, 0.3) is 0 Å². The van der Waals surface area contributed by atoms with Crippen molar-refractivity contribution in [2.45, 2.75) is 51.5 Å². The molecule has 1 aliphatic heterocycles. The lowest BCUT2D eigenvalue weighted by Crippen LogP contribution is -2.41. The molecular weight excluding hydrogens is 362 g/mol. The maximum atomic E-state index is 12.6. The Hall–Kier alpha value is -2.46. The van der Waals surface area contributed by atoms with Crippen LogP contribution < -0.4 is 10.6 Å². The zero-order chi connectivity index (χ0) is 19.6. The van der Waals surface area contributed by atoms with Crippen LogP contribution in [0.2, 0.25) is 0 Å². The van der Waals surface area contributed by atoms with Gasteiger partial charge >= 0.3 is 0 Å². The van der Waals surface area contributed by atoms with Crippen molar-refractivity contribution in [3.05, 3.63) is 46.0 Å². The molecule has 142 valence electrons. The number of nitrogens with one attached hydrogen (secondary N) is 2. The largest absolute Gasteiger partial charge is 0.468 e. The third kappa shape index (κ3) is 4.28. The van der Waals surface area contributed by atoms with Crippen LogP contribution in [-0.2, 0) is 9.59 Å². The van der Waals surface area contributed by atoms with Gasteiger partial charge in [0.15, 0.2) is 5.78 Å². The predicted octanol–water partition coefficient (Wildman–Crippen LogP) is 3.36.